The zero-order chi connectivity index (χ0) is 13.4. The van der Waals surface area contributed by atoms with Crippen LogP contribution in [0.1, 0.15) is 40.5 Å². The van der Waals surface area contributed by atoms with Crippen molar-refractivity contribution in [2.45, 2.75) is 25.7 Å². The molecule has 1 fully saturated rings. The predicted octanol–water partition coefficient (Wildman–Crippen LogP) is 2.25. The van der Waals surface area contributed by atoms with E-state index in [1.807, 2.05) is 24.7 Å². The van der Waals surface area contributed by atoms with Crippen molar-refractivity contribution >= 4 is 11.6 Å². The van der Waals surface area contributed by atoms with Gasteiger partial charge in [-0.05, 0) is 37.5 Å². The molecular formula is C14H16N4O. The Kier molecular flexibility index (Phi) is 2.81. The largest absolute Gasteiger partial charge is 0.320 e. The molecule has 1 amide bonds. The maximum atomic E-state index is 12.2. The molecule has 0 bridgehead atoms. The molecule has 0 unspecified atom stereocenters. The second-order valence-electron chi connectivity index (χ2n) is 5.00. The van der Waals surface area contributed by atoms with Gasteiger partial charge in [-0.25, -0.2) is 0 Å². The van der Waals surface area contributed by atoms with Crippen molar-refractivity contribution in [3.63, 3.8) is 0 Å². The fraction of sp³-hybridized carbons (Fsp3) is 0.357. The molecule has 2 heterocycles. The fourth-order valence-corrected chi connectivity index (χ4v) is 2.15. The Hall–Kier alpha value is -2.17. The molecule has 98 valence electrons. The number of nitrogens with zero attached hydrogens (tertiary/aromatic N) is 3. The van der Waals surface area contributed by atoms with Crippen LogP contribution < -0.4 is 5.32 Å². The van der Waals surface area contributed by atoms with E-state index in [1.54, 1.807) is 18.5 Å². The monoisotopic (exact) mass is 256 g/mol. The lowest BCUT2D eigenvalue weighted by Gasteiger charge is -2.05. The summed E-state index contributed by atoms with van der Waals surface area (Å²) >= 11 is 0. The molecule has 1 saturated carbocycles. The fourth-order valence-electron chi connectivity index (χ4n) is 2.15. The standard InChI is InChI=1S/C14H16N4O/c1-9-8-15-6-5-11(9)16-14(19)12-7-13(10-3-4-10)18(2)17-12/h5-8,10H,3-4H2,1-2H3,(H,15,16,19). The Morgan fingerprint density at radius 3 is 2.95 bits per heavy atom. The quantitative estimate of drug-likeness (QED) is 0.916. The summed E-state index contributed by atoms with van der Waals surface area (Å²) in [4.78, 5) is 16.2. The number of pyridine rings is 1. The van der Waals surface area contributed by atoms with Crippen molar-refractivity contribution in [3.05, 3.63) is 41.5 Å². The molecule has 0 spiro atoms. The third-order valence-electron chi connectivity index (χ3n) is 3.41. The first-order valence-electron chi connectivity index (χ1n) is 6.41. The zero-order valence-corrected chi connectivity index (χ0v) is 11.1. The second-order valence-corrected chi connectivity index (χ2v) is 5.00. The van der Waals surface area contributed by atoms with E-state index in [9.17, 15) is 4.79 Å². The third kappa shape index (κ3) is 2.36. The van der Waals surface area contributed by atoms with Crippen LogP contribution in [-0.4, -0.2) is 20.7 Å². The van der Waals surface area contributed by atoms with Crippen LogP contribution in [0.3, 0.4) is 0 Å². The van der Waals surface area contributed by atoms with Crippen LogP contribution in [0.2, 0.25) is 0 Å². The normalized spacial score (nSPS) is 14.4. The van der Waals surface area contributed by atoms with Crippen molar-refractivity contribution in [2.24, 2.45) is 7.05 Å². The highest BCUT2D eigenvalue weighted by atomic mass is 16.1. The molecule has 2 aromatic heterocycles. The number of hydrogen-bond acceptors (Lipinski definition) is 3. The lowest BCUT2D eigenvalue weighted by Crippen LogP contribution is -2.13. The van der Waals surface area contributed by atoms with Crippen LogP contribution in [0.4, 0.5) is 5.69 Å². The minimum atomic E-state index is -0.170. The third-order valence-corrected chi connectivity index (χ3v) is 3.41. The van der Waals surface area contributed by atoms with Gasteiger partial charge in [-0.2, -0.15) is 5.10 Å². The first kappa shape index (κ1) is 11.9. The number of anilines is 1. The summed E-state index contributed by atoms with van der Waals surface area (Å²) < 4.78 is 1.81. The number of hydrogen-bond donors (Lipinski definition) is 1. The minimum Gasteiger partial charge on any atom is -0.320 e. The summed E-state index contributed by atoms with van der Waals surface area (Å²) in [6, 6.07) is 3.68. The number of carbonyl (C=O) groups excluding carboxylic acids is 1. The van der Waals surface area contributed by atoms with Gasteiger partial charge >= 0.3 is 0 Å². The molecule has 0 aliphatic heterocycles. The van der Waals surface area contributed by atoms with Gasteiger partial charge in [-0.3, -0.25) is 14.5 Å². The molecule has 1 aliphatic carbocycles. The van der Waals surface area contributed by atoms with Gasteiger partial charge in [0.25, 0.3) is 5.91 Å². The molecule has 0 aromatic carbocycles. The summed E-state index contributed by atoms with van der Waals surface area (Å²) in [6.07, 6.45) is 5.79. The van der Waals surface area contributed by atoms with Crippen LogP contribution in [0.15, 0.2) is 24.5 Å². The zero-order valence-electron chi connectivity index (χ0n) is 11.1. The molecular weight excluding hydrogens is 240 g/mol. The van der Waals surface area contributed by atoms with E-state index in [-0.39, 0.29) is 5.91 Å². The van der Waals surface area contributed by atoms with Crippen LogP contribution in [-0.2, 0) is 7.05 Å². The second kappa shape index (κ2) is 4.50. The van der Waals surface area contributed by atoms with Crippen LogP contribution >= 0.6 is 0 Å². The first-order valence-corrected chi connectivity index (χ1v) is 6.41. The van der Waals surface area contributed by atoms with Gasteiger partial charge in [-0.15, -0.1) is 0 Å². The van der Waals surface area contributed by atoms with Crippen LogP contribution in [0.5, 0.6) is 0 Å². The summed E-state index contributed by atoms with van der Waals surface area (Å²) in [6.45, 7) is 1.91. The maximum absolute atomic E-state index is 12.2. The van der Waals surface area contributed by atoms with Gasteiger partial charge in [0.15, 0.2) is 5.69 Å². The van der Waals surface area contributed by atoms with E-state index >= 15 is 0 Å². The number of nitrogens with one attached hydrogen (secondary N) is 1. The van der Waals surface area contributed by atoms with Crippen molar-refractivity contribution < 1.29 is 4.79 Å². The van der Waals surface area contributed by atoms with Crippen molar-refractivity contribution in [3.8, 4) is 0 Å². The number of amides is 1. The van der Waals surface area contributed by atoms with Gasteiger partial charge in [-0.1, -0.05) is 0 Å². The molecule has 5 heteroatoms. The molecule has 0 atom stereocenters. The molecule has 1 aliphatic rings. The molecule has 19 heavy (non-hydrogen) atoms. The van der Waals surface area contributed by atoms with Gasteiger partial charge in [0, 0.05) is 36.7 Å². The van der Waals surface area contributed by atoms with Gasteiger partial charge < -0.3 is 5.32 Å². The summed E-state index contributed by atoms with van der Waals surface area (Å²) in [5.74, 6) is 0.415. The highest BCUT2D eigenvalue weighted by Gasteiger charge is 2.28. The minimum absolute atomic E-state index is 0.170. The molecule has 0 radical (unpaired) electrons. The molecule has 2 aromatic rings. The predicted molar refractivity (Wildman–Crippen MR) is 72.1 cm³/mol. The van der Waals surface area contributed by atoms with E-state index in [0.29, 0.717) is 11.6 Å². The topological polar surface area (TPSA) is 59.8 Å². The lowest BCUT2D eigenvalue weighted by molar-refractivity contribution is 0.102. The summed E-state index contributed by atoms with van der Waals surface area (Å²) in [5.41, 5.74) is 3.34. The SMILES string of the molecule is Cc1cnccc1NC(=O)c1cc(C2CC2)n(C)n1. The number of aryl methyl sites for hydroxylation is 2. The highest BCUT2D eigenvalue weighted by molar-refractivity contribution is 6.03. The van der Waals surface area contributed by atoms with E-state index in [1.165, 1.54) is 12.8 Å². The van der Waals surface area contributed by atoms with Crippen molar-refractivity contribution in [2.75, 3.05) is 5.32 Å². The summed E-state index contributed by atoms with van der Waals surface area (Å²) in [7, 11) is 1.89. The number of rotatable bonds is 3. The molecule has 5 nitrogen and oxygen atoms in total. The maximum Gasteiger partial charge on any atom is 0.276 e. The molecule has 3 rings (SSSR count). The first-order chi connectivity index (χ1) is 9.15. The average molecular weight is 256 g/mol. The van der Waals surface area contributed by atoms with E-state index in [0.717, 1.165) is 16.9 Å². The number of aromatic nitrogens is 3. The Labute approximate surface area is 111 Å². The lowest BCUT2D eigenvalue weighted by atomic mass is 10.2. The smallest absolute Gasteiger partial charge is 0.276 e. The van der Waals surface area contributed by atoms with Crippen LogP contribution in [0, 0.1) is 6.92 Å². The van der Waals surface area contributed by atoms with E-state index in [4.69, 9.17) is 0 Å². The van der Waals surface area contributed by atoms with Gasteiger partial charge in [0.05, 0.1) is 0 Å². The van der Waals surface area contributed by atoms with E-state index < -0.39 is 0 Å². The van der Waals surface area contributed by atoms with Crippen molar-refractivity contribution in [1.82, 2.24) is 14.8 Å². The Morgan fingerprint density at radius 1 is 1.47 bits per heavy atom. The highest BCUT2D eigenvalue weighted by Crippen LogP contribution is 2.39. The number of carbonyl (C=O) groups is 1. The Morgan fingerprint density at radius 2 is 2.26 bits per heavy atom. The Bertz CT molecular complexity index is 628. The van der Waals surface area contributed by atoms with Crippen LogP contribution in [0.25, 0.3) is 0 Å². The summed E-state index contributed by atoms with van der Waals surface area (Å²) in [5, 5.41) is 7.16. The van der Waals surface area contributed by atoms with Gasteiger partial charge in [0.2, 0.25) is 0 Å². The van der Waals surface area contributed by atoms with E-state index in [2.05, 4.69) is 15.4 Å². The Balaban J connectivity index is 1.80. The molecule has 0 saturated heterocycles. The van der Waals surface area contributed by atoms with Crippen molar-refractivity contribution in [1.29, 1.82) is 0 Å². The van der Waals surface area contributed by atoms with Gasteiger partial charge in [0.1, 0.15) is 0 Å². The average Bonchev–Trinajstić information content (AvgIpc) is 3.15. The molecule has 1 N–H and O–H groups in total.